The minimum atomic E-state index is 0. The molecule has 7 heteroatoms. The number of nitrogens with zero attached hydrogens (tertiary/aromatic N) is 2. The summed E-state index contributed by atoms with van der Waals surface area (Å²) >= 11 is 5.94. The van der Waals surface area contributed by atoms with Gasteiger partial charge < -0.3 is 15.4 Å². The lowest BCUT2D eigenvalue weighted by molar-refractivity contribution is 0.0341. The number of benzene rings is 2. The van der Waals surface area contributed by atoms with E-state index >= 15 is 0 Å². The normalized spacial score (nSPS) is 14.8. The predicted octanol–water partition coefficient (Wildman–Crippen LogP) is 4.09. The van der Waals surface area contributed by atoms with Crippen molar-refractivity contribution in [1.29, 1.82) is 0 Å². The van der Waals surface area contributed by atoms with Crippen LogP contribution in [0, 0.1) is 0 Å². The monoisotopic (exact) mass is 542 g/mol. The van der Waals surface area contributed by atoms with Crippen molar-refractivity contribution in [1.82, 2.24) is 15.5 Å². The number of aryl methyl sites for hydroxylation is 1. The summed E-state index contributed by atoms with van der Waals surface area (Å²) in [5, 5.41) is 7.64. The molecule has 1 saturated heterocycles. The number of morpholine rings is 1. The Labute approximate surface area is 202 Å². The summed E-state index contributed by atoms with van der Waals surface area (Å²) < 4.78 is 5.46. The minimum Gasteiger partial charge on any atom is -0.379 e. The van der Waals surface area contributed by atoms with Crippen molar-refractivity contribution < 1.29 is 4.74 Å². The van der Waals surface area contributed by atoms with E-state index < -0.39 is 0 Å². The molecule has 30 heavy (non-hydrogen) atoms. The van der Waals surface area contributed by atoms with Crippen LogP contribution in [0.2, 0.25) is 5.02 Å². The van der Waals surface area contributed by atoms with E-state index in [2.05, 4.69) is 56.9 Å². The summed E-state index contributed by atoms with van der Waals surface area (Å²) in [5.41, 5.74) is 3.97. The highest BCUT2D eigenvalue weighted by molar-refractivity contribution is 14.0. The van der Waals surface area contributed by atoms with Crippen LogP contribution in [0.25, 0.3) is 0 Å². The van der Waals surface area contributed by atoms with Crippen molar-refractivity contribution >= 4 is 41.5 Å². The molecule has 1 aliphatic heterocycles. The fourth-order valence-electron chi connectivity index (χ4n) is 3.43. The second kappa shape index (κ2) is 13.9. The number of hydrogen-bond acceptors (Lipinski definition) is 3. The van der Waals surface area contributed by atoms with E-state index in [0.29, 0.717) is 0 Å². The van der Waals surface area contributed by atoms with Gasteiger partial charge in [-0.05, 0) is 41.7 Å². The van der Waals surface area contributed by atoms with Gasteiger partial charge in [0.05, 0.1) is 13.2 Å². The number of nitrogens with one attached hydrogen (secondary N) is 2. The fourth-order valence-corrected chi connectivity index (χ4v) is 3.56. The molecule has 0 spiro atoms. The Morgan fingerprint density at radius 2 is 1.73 bits per heavy atom. The predicted molar refractivity (Wildman–Crippen MR) is 136 cm³/mol. The molecule has 5 nitrogen and oxygen atoms in total. The first-order valence-corrected chi connectivity index (χ1v) is 10.7. The molecule has 2 N–H and O–H groups in total. The van der Waals surface area contributed by atoms with E-state index in [4.69, 9.17) is 16.3 Å². The van der Waals surface area contributed by atoms with Gasteiger partial charge in [0.2, 0.25) is 0 Å². The van der Waals surface area contributed by atoms with E-state index in [1.807, 2.05) is 19.2 Å². The van der Waals surface area contributed by atoms with Gasteiger partial charge in [0.25, 0.3) is 0 Å². The molecule has 2 aromatic carbocycles. The molecule has 1 fully saturated rings. The summed E-state index contributed by atoms with van der Waals surface area (Å²) in [7, 11) is 1.81. The summed E-state index contributed by atoms with van der Waals surface area (Å²) in [5.74, 6) is 0.835. The lowest BCUT2D eigenvalue weighted by Crippen LogP contribution is -2.38. The van der Waals surface area contributed by atoms with E-state index in [1.165, 1.54) is 16.7 Å². The van der Waals surface area contributed by atoms with E-state index in [9.17, 15) is 0 Å². The molecule has 0 atom stereocenters. The molecular formula is C23H32ClIN4O. The number of hydrogen-bond donors (Lipinski definition) is 2. The minimum absolute atomic E-state index is 0. The maximum Gasteiger partial charge on any atom is 0.191 e. The first-order valence-electron chi connectivity index (χ1n) is 10.3. The van der Waals surface area contributed by atoms with E-state index in [1.54, 1.807) is 0 Å². The molecule has 0 saturated carbocycles. The third-order valence-electron chi connectivity index (χ3n) is 5.13. The molecule has 1 heterocycles. The van der Waals surface area contributed by atoms with Gasteiger partial charge in [-0.1, -0.05) is 48.0 Å². The van der Waals surface area contributed by atoms with Gasteiger partial charge >= 0.3 is 0 Å². The Bertz CT molecular complexity index is 779. The largest absolute Gasteiger partial charge is 0.379 e. The van der Waals surface area contributed by atoms with Crippen molar-refractivity contribution in [2.24, 2.45) is 4.99 Å². The first kappa shape index (κ1) is 24.9. The van der Waals surface area contributed by atoms with Gasteiger partial charge in [-0.15, -0.1) is 24.0 Å². The SMILES string of the molecule is CN=C(NCCCc1ccc(Cl)cc1)NCc1ccccc1CN1CCOCC1.I. The second-order valence-corrected chi connectivity index (χ2v) is 7.68. The van der Waals surface area contributed by atoms with Crippen LogP contribution in [0.5, 0.6) is 0 Å². The van der Waals surface area contributed by atoms with Gasteiger partial charge in [-0.2, -0.15) is 0 Å². The van der Waals surface area contributed by atoms with Crippen LogP contribution in [0.1, 0.15) is 23.1 Å². The highest BCUT2D eigenvalue weighted by Crippen LogP contribution is 2.13. The van der Waals surface area contributed by atoms with Crippen molar-refractivity contribution in [3.05, 3.63) is 70.2 Å². The first-order chi connectivity index (χ1) is 14.2. The molecule has 0 aromatic heterocycles. The van der Waals surface area contributed by atoms with Crippen LogP contribution in [-0.2, 0) is 24.2 Å². The summed E-state index contributed by atoms with van der Waals surface area (Å²) in [6, 6.07) is 16.7. The lowest BCUT2D eigenvalue weighted by Gasteiger charge is -2.27. The quantitative estimate of drug-likeness (QED) is 0.228. The number of aliphatic imine (C=N–C) groups is 1. The molecule has 0 unspecified atom stereocenters. The zero-order valence-electron chi connectivity index (χ0n) is 17.6. The van der Waals surface area contributed by atoms with Crippen LogP contribution < -0.4 is 10.6 Å². The van der Waals surface area contributed by atoms with E-state index in [0.717, 1.165) is 69.8 Å². The maximum atomic E-state index is 5.94. The third-order valence-corrected chi connectivity index (χ3v) is 5.39. The number of guanidine groups is 1. The summed E-state index contributed by atoms with van der Waals surface area (Å²) in [6.07, 6.45) is 2.06. The van der Waals surface area contributed by atoms with Crippen molar-refractivity contribution in [3.8, 4) is 0 Å². The molecule has 0 radical (unpaired) electrons. The number of rotatable bonds is 8. The summed E-state index contributed by atoms with van der Waals surface area (Å²) in [4.78, 5) is 6.81. The van der Waals surface area contributed by atoms with Crippen LogP contribution in [-0.4, -0.2) is 50.8 Å². The number of halogens is 2. The molecule has 0 amide bonds. The topological polar surface area (TPSA) is 48.9 Å². The van der Waals surface area contributed by atoms with Gasteiger partial charge in [-0.25, -0.2) is 0 Å². The maximum absolute atomic E-state index is 5.94. The average molecular weight is 543 g/mol. The van der Waals surface area contributed by atoms with Gasteiger partial charge in [0.1, 0.15) is 0 Å². The Morgan fingerprint density at radius 3 is 2.43 bits per heavy atom. The number of ether oxygens (including phenoxy) is 1. The highest BCUT2D eigenvalue weighted by atomic mass is 127. The van der Waals surface area contributed by atoms with Crippen LogP contribution >= 0.6 is 35.6 Å². The molecule has 1 aliphatic rings. The van der Waals surface area contributed by atoms with Crippen LogP contribution in [0.3, 0.4) is 0 Å². The fraction of sp³-hybridized carbons (Fsp3) is 0.435. The van der Waals surface area contributed by atoms with Gasteiger partial charge in [0, 0.05) is 44.8 Å². The summed E-state index contributed by atoms with van der Waals surface area (Å²) in [6.45, 7) is 6.25. The molecule has 0 aliphatic carbocycles. The van der Waals surface area contributed by atoms with Crippen molar-refractivity contribution in [2.75, 3.05) is 39.9 Å². The zero-order valence-corrected chi connectivity index (χ0v) is 20.7. The standard InChI is InChI=1S/C23H31ClN4O.HI/c1-25-23(26-12-4-5-19-8-10-22(24)11-9-19)27-17-20-6-2-3-7-21(20)18-28-13-15-29-16-14-28;/h2-3,6-11H,4-5,12-18H2,1H3,(H2,25,26,27);1H. The molecule has 3 rings (SSSR count). The Kier molecular flexibility index (Phi) is 11.5. The molecule has 0 bridgehead atoms. The lowest BCUT2D eigenvalue weighted by atomic mass is 10.1. The molecule has 164 valence electrons. The Morgan fingerprint density at radius 1 is 1.03 bits per heavy atom. The Balaban J connectivity index is 0.00000320. The second-order valence-electron chi connectivity index (χ2n) is 7.24. The smallest absolute Gasteiger partial charge is 0.191 e. The van der Waals surface area contributed by atoms with Gasteiger partial charge in [0.15, 0.2) is 5.96 Å². The molecule has 2 aromatic rings. The molecular weight excluding hydrogens is 511 g/mol. The zero-order chi connectivity index (χ0) is 20.3. The van der Waals surface area contributed by atoms with E-state index in [-0.39, 0.29) is 24.0 Å². The average Bonchev–Trinajstić information content (AvgIpc) is 2.76. The van der Waals surface area contributed by atoms with Crippen molar-refractivity contribution in [2.45, 2.75) is 25.9 Å². The van der Waals surface area contributed by atoms with Crippen molar-refractivity contribution in [3.63, 3.8) is 0 Å². The van der Waals surface area contributed by atoms with Crippen LogP contribution in [0.15, 0.2) is 53.5 Å². The third kappa shape index (κ3) is 8.41. The highest BCUT2D eigenvalue weighted by Gasteiger charge is 2.12. The van der Waals surface area contributed by atoms with Gasteiger partial charge in [-0.3, -0.25) is 9.89 Å². The Hall–Kier alpha value is -1.35. The van der Waals surface area contributed by atoms with Crippen LogP contribution in [0.4, 0.5) is 0 Å².